The number of rotatable bonds is 2. The predicted octanol–water partition coefficient (Wildman–Crippen LogP) is 5.63. The van der Waals surface area contributed by atoms with E-state index in [0.29, 0.717) is 10.0 Å². The summed E-state index contributed by atoms with van der Waals surface area (Å²) in [5, 5.41) is 0.868. The molecule has 3 heteroatoms. The Balaban J connectivity index is 2.43. The molecule has 0 amide bonds. The molecule has 2 rings (SSSR count). The molecular formula is C14H11Cl3. The van der Waals surface area contributed by atoms with Gasteiger partial charge >= 0.3 is 0 Å². The summed E-state index contributed by atoms with van der Waals surface area (Å²) in [7, 11) is 0. The van der Waals surface area contributed by atoms with E-state index in [1.165, 1.54) is 5.56 Å². The fourth-order valence-corrected chi connectivity index (χ4v) is 2.76. The van der Waals surface area contributed by atoms with Crippen LogP contribution < -0.4 is 0 Å². The third-order valence-electron chi connectivity index (χ3n) is 2.62. The van der Waals surface area contributed by atoms with E-state index in [-0.39, 0.29) is 5.38 Å². The lowest BCUT2D eigenvalue weighted by Gasteiger charge is -2.14. The second-order valence-corrected chi connectivity index (χ2v) is 5.16. The standard InChI is InChI=1S/C14H11Cl3/c1-9-5-7-10(8-6-9)14(17)13-11(15)3-2-4-12(13)16/h2-8,14H,1H3. The summed E-state index contributed by atoms with van der Waals surface area (Å²) < 4.78 is 0. The Morgan fingerprint density at radius 1 is 0.882 bits per heavy atom. The fraction of sp³-hybridized carbons (Fsp3) is 0.143. The number of benzene rings is 2. The van der Waals surface area contributed by atoms with Crippen molar-refractivity contribution < 1.29 is 0 Å². The summed E-state index contributed by atoms with van der Waals surface area (Å²) in [4.78, 5) is 0. The first kappa shape index (κ1) is 12.8. The van der Waals surface area contributed by atoms with Gasteiger partial charge in [0.2, 0.25) is 0 Å². The first-order chi connectivity index (χ1) is 8.09. The van der Waals surface area contributed by atoms with Crippen LogP contribution in [0.2, 0.25) is 10.0 Å². The van der Waals surface area contributed by atoms with Crippen LogP contribution in [0, 0.1) is 6.92 Å². The van der Waals surface area contributed by atoms with Gasteiger partial charge < -0.3 is 0 Å². The van der Waals surface area contributed by atoms with Crippen molar-refractivity contribution in [3.63, 3.8) is 0 Å². The molecule has 0 N–H and O–H groups in total. The molecule has 0 aliphatic rings. The number of hydrogen-bond acceptors (Lipinski definition) is 0. The molecule has 0 spiro atoms. The van der Waals surface area contributed by atoms with Crippen molar-refractivity contribution >= 4 is 34.8 Å². The normalized spacial score (nSPS) is 12.5. The average molecular weight is 286 g/mol. The van der Waals surface area contributed by atoms with Gasteiger partial charge in [-0.3, -0.25) is 0 Å². The van der Waals surface area contributed by atoms with Crippen LogP contribution in [0.4, 0.5) is 0 Å². The Morgan fingerprint density at radius 2 is 1.41 bits per heavy atom. The lowest BCUT2D eigenvalue weighted by molar-refractivity contribution is 1.14. The van der Waals surface area contributed by atoms with E-state index in [1.807, 2.05) is 37.3 Å². The second-order valence-electron chi connectivity index (χ2n) is 3.91. The minimum absolute atomic E-state index is 0.322. The lowest BCUT2D eigenvalue weighted by Crippen LogP contribution is -1.95. The van der Waals surface area contributed by atoms with E-state index in [4.69, 9.17) is 34.8 Å². The highest BCUT2D eigenvalue weighted by atomic mass is 35.5. The first-order valence-corrected chi connectivity index (χ1v) is 6.43. The molecule has 88 valence electrons. The monoisotopic (exact) mass is 284 g/mol. The highest BCUT2D eigenvalue weighted by Crippen LogP contribution is 2.38. The van der Waals surface area contributed by atoms with Crippen molar-refractivity contribution in [2.24, 2.45) is 0 Å². The van der Waals surface area contributed by atoms with Crippen LogP contribution >= 0.6 is 34.8 Å². The molecule has 0 aliphatic heterocycles. The third-order valence-corrected chi connectivity index (χ3v) is 3.75. The summed E-state index contributed by atoms with van der Waals surface area (Å²) in [6, 6.07) is 13.4. The zero-order valence-electron chi connectivity index (χ0n) is 9.25. The number of alkyl halides is 1. The summed E-state index contributed by atoms with van der Waals surface area (Å²) in [5.74, 6) is 0. The van der Waals surface area contributed by atoms with Crippen LogP contribution in [0.3, 0.4) is 0 Å². The maximum Gasteiger partial charge on any atom is 0.0864 e. The smallest absolute Gasteiger partial charge is 0.0864 e. The van der Waals surface area contributed by atoms with E-state index >= 15 is 0 Å². The van der Waals surface area contributed by atoms with E-state index in [0.717, 1.165) is 11.1 Å². The zero-order valence-corrected chi connectivity index (χ0v) is 11.5. The fourth-order valence-electron chi connectivity index (χ4n) is 1.65. The van der Waals surface area contributed by atoms with Gasteiger partial charge in [-0.25, -0.2) is 0 Å². The molecule has 0 radical (unpaired) electrons. The van der Waals surface area contributed by atoms with Gasteiger partial charge in [-0.15, -0.1) is 11.6 Å². The molecule has 0 saturated heterocycles. The molecule has 0 nitrogen and oxygen atoms in total. The Bertz CT molecular complexity index is 497. The number of halogens is 3. The minimum Gasteiger partial charge on any atom is -0.112 e. The molecule has 1 atom stereocenters. The average Bonchev–Trinajstić information content (AvgIpc) is 2.29. The summed E-state index contributed by atoms with van der Waals surface area (Å²) in [6.07, 6.45) is 0. The molecule has 2 aromatic rings. The lowest BCUT2D eigenvalue weighted by atomic mass is 10.0. The van der Waals surface area contributed by atoms with Crippen molar-refractivity contribution in [3.8, 4) is 0 Å². The summed E-state index contributed by atoms with van der Waals surface area (Å²) in [5.41, 5.74) is 2.96. The Hall–Kier alpha value is -0.690. The molecule has 2 aromatic carbocycles. The Labute approximate surface area is 116 Å². The molecule has 17 heavy (non-hydrogen) atoms. The Morgan fingerprint density at radius 3 is 1.94 bits per heavy atom. The van der Waals surface area contributed by atoms with Crippen molar-refractivity contribution in [1.82, 2.24) is 0 Å². The SMILES string of the molecule is Cc1ccc(C(Cl)c2c(Cl)cccc2Cl)cc1. The minimum atomic E-state index is -0.322. The van der Waals surface area contributed by atoms with Crippen LogP contribution in [0.15, 0.2) is 42.5 Å². The summed E-state index contributed by atoms with van der Waals surface area (Å²) >= 11 is 18.7. The van der Waals surface area contributed by atoms with Gasteiger partial charge in [0.15, 0.2) is 0 Å². The quantitative estimate of drug-likeness (QED) is 0.627. The van der Waals surface area contributed by atoms with Crippen molar-refractivity contribution in [1.29, 1.82) is 0 Å². The molecule has 0 saturated carbocycles. The predicted molar refractivity (Wildman–Crippen MR) is 75.3 cm³/mol. The van der Waals surface area contributed by atoms with Gasteiger partial charge in [-0.1, -0.05) is 59.1 Å². The van der Waals surface area contributed by atoms with Crippen molar-refractivity contribution in [3.05, 3.63) is 69.2 Å². The van der Waals surface area contributed by atoms with Crippen LogP contribution in [0.25, 0.3) is 0 Å². The number of hydrogen-bond donors (Lipinski definition) is 0. The van der Waals surface area contributed by atoms with Gasteiger partial charge in [0, 0.05) is 15.6 Å². The molecule has 0 fully saturated rings. The largest absolute Gasteiger partial charge is 0.112 e. The van der Waals surface area contributed by atoms with Crippen molar-refractivity contribution in [2.75, 3.05) is 0 Å². The highest BCUT2D eigenvalue weighted by molar-refractivity contribution is 6.38. The van der Waals surface area contributed by atoms with E-state index < -0.39 is 0 Å². The topological polar surface area (TPSA) is 0 Å². The second kappa shape index (κ2) is 5.30. The van der Waals surface area contributed by atoms with Crippen LogP contribution in [0.1, 0.15) is 22.1 Å². The molecule has 0 bridgehead atoms. The molecular weight excluding hydrogens is 275 g/mol. The van der Waals surface area contributed by atoms with E-state index in [1.54, 1.807) is 12.1 Å². The zero-order chi connectivity index (χ0) is 12.4. The molecule has 0 aromatic heterocycles. The van der Waals surface area contributed by atoms with Crippen LogP contribution in [-0.2, 0) is 0 Å². The summed E-state index contributed by atoms with van der Waals surface area (Å²) in [6.45, 7) is 2.04. The van der Waals surface area contributed by atoms with Crippen LogP contribution in [-0.4, -0.2) is 0 Å². The van der Waals surface area contributed by atoms with Gasteiger partial charge in [0.1, 0.15) is 0 Å². The number of aryl methyl sites for hydroxylation is 1. The van der Waals surface area contributed by atoms with Crippen LogP contribution in [0.5, 0.6) is 0 Å². The van der Waals surface area contributed by atoms with Gasteiger partial charge in [-0.2, -0.15) is 0 Å². The molecule has 0 aliphatic carbocycles. The van der Waals surface area contributed by atoms with E-state index in [9.17, 15) is 0 Å². The van der Waals surface area contributed by atoms with E-state index in [2.05, 4.69) is 0 Å². The maximum absolute atomic E-state index is 6.43. The van der Waals surface area contributed by atoms with Gasteiger partial charge in [0.05, 0.1) is 5.38 Å². The van der Waals surface area contributed by atoms with Gasteiger partial charge in [0.25, 0.3) is 0 Å². The first-order valence-electron chi connectivity index (χ1n) is 5.24. The maximum atomic E-state index is 6.43. The molecule has 0 heterocycles. The molecule has 1 unspecified atom stereocenters. The van der Waals surface area contributed by atoms with Crippen molar-refractivity contribution in [2.45, 2.75) is 12.3 Å². The van der Waals surface area contributed by atoms with Gasteiger partial charge in [-0.05, 0) is 24.6 Å². The third kappa shape index (κ3) is 2.77. The highest BCUT2D eigenvalue weighted by Gasteiger charge is 2.17. The Kier molecular flexibility index (Phi) is 3.98.